The molecule has 0 unspecified atom stereocenters. The lowest BCUT2D eigenvalue weighted by atomic mass is 10.0. The highest BCUT2D eigenvalue weighted by atomic mass is 16.5. The van der Waals surface area contributed by atoms with Crippen molar-refractivity contribution in [2.24, 2.45) is 0 Å². The summed E-state index contributed by atoms with van der Waals surface area (Å²) in [5.74, 6) is -0.218. The fourth-order valence-corrected chi connectivity index (χ4v) is 4.52. The summed E-state index contributed by atoms with van der Waals surface area (Å²) < 4.78 is 7.08. The van der Waals surface area contributed by atoms with Gasteiger partial charge in [0.05, 0.1) is 58.6 Å². The smallest absolute Gasteiger partial charge is 0.256 e. The van der Waals surface area contributed by atoms with E-state index >= 15 is 0 Å². The van der Waals surface area contributed by atoms with Crippen molar-refractivity contribution < 1.29 is 9.53 Å². The second-order valence-electron chi connectivity index (χ2n) is 9.17. The van der Waals surface area contributed by atoms with E-state index in [4.69, 9.17) is 15.0 Å². The number of nitrogens with one attached hydrogen (secondary N) is 1. The Morgan fingerprint density at radius 3 is 2.42 bits per heavy atom. The minimum atomic E-state index is -0.218. The average Bonchev–Trinajstić information content (AvgIpc) is 3.20. The monoisotopic (exact) mass is 501 g/mol. The van der Waals surface area contributed by atoms with Gasteiger partial charge in [-0.1, -0.05) is 54.6 Å². The zero-order valence-electron chi connectivity index (χ0n) is 21.5. The molecule has 3 aromatic carbocycles. The number of carbonyl (C=O) groups is 1. The fourth-order valence-electron chi connectivity index (χ4n) is 4.52. The van der Waals surface area contributed by atoms with Gasteiger partial charge in [0.2, 0.25) is 0 Å². The number of hydrogen-bond donors (Lipinski definition) is 1. The molecule has 0 aliphatic rings. The number of hydrogen-bond acceptors (Lipinski definition) is 5. The van der Waals surface area contributed by atoms with E-state index < -0.39 is 0 Å². The molecular weight excluding hydrogens is 474 g/mol. The van der Waals surface area contributed by atoms with Crippen molar-refractivity contribution in [1.29, 1.82) is 5.26 Å². The number of benzene rings is 3. The summed E-state index contributed by atoms with van der Waals surface area (Å²) in [6.07, 6.45) is 0. The number of pyridine rings is 1. The SMILES string of the molecule is COCc1ccc(-c2cc(C(=O)Nc3c(C)nn(Cc4ccc(C#N)cc4)c3C)c3ccccc3n2)cc1. The van der Waals surface area contributed by atoms with E-state index in [1.807, 2.05) is 85.3 Å². The summed E-state index contributed by atoms with van der Waals surface area (Å²) in [4.78, 5) is 18.5. The number of carbonyl (C=O) groups excluding carboxylic acids is 1. The Balaban J connectivity index is 1.46. The van der Waals surface area contributed by atoms with Crippen LogP contribution < -0.4 is 5.32 Å². The summed E-state index contributed by atoms with van der Waals surface area (Å²) in [5.41, 5.74) is 7.93. The van der Waals surface area contributed by atoms with Gasteiger partial charge in [0.1, 0.15) is 0 Å². The quantitative estimate of drug-likeness (QED) is 0.294. The molecule has 0 saturated heterocycles. The third-order valence-corrected chi connectivity index (χ3v) is 6.56. The molecule has 188 valence electrons. The van der Waals surface area contributed by atoms with E-state index in [-0.39, 0.29) is 5.91 Å². The number of ether oxygens (including phenoxy) is 1. The summed E-state index contributed by atoms with van der Waals surface area (Å²) in [6.45, 7) is 4.90. The molecule has 5 rings (SSSR count). The lowest BCUT2D eigenvalue weighted by molar-refractivity contribution is 0.102. The minimum Gasteiger partial charge on any atom is -0.380 e. The highest BCUT2D eigenvalue weighted by molar-refractivity contribution is 6.13. The maximum atomic E-state index is 13.7. The number of nitrogens with zero attached hydrogens (tertiary/aromatic N) is 4. The van der Waals surface area contributed by atoms with Gasteiger partial charge >= 0.3 is 0 Å². The number of aryl methyl sites for hydroxylation is 1. The van der Waals surface area contributed by atoms with E-state index in [1.54, 1.807) is 19.2 Å². The molecule has 2 aromatic heterocycles. The van der Waals surface area contributed by atoms with Crippen LogP contribution in [0, 0.1) is 25.2 Å². The van der Waals surface area contributed by atoms with Crippen LogP contribution in [-0.4, -0.2) is 27.8 Å². The van der Waals surface area contributed by atoms with Gasteiger partial charge in [-0.25, -0.2) is 4.98 Å². The standard InChI is InChI=1S/C31H27N5O2/c1-20-30(21(2)36(35-20)18-23-10-8-22(17-32)9-11-23)34-31(37)27-16-29(33-28-7-5-4-6-26(27)28)25-14-12-24(13-15-25)19-38-3/h4-16H,18-19H2,1-3H3,(H,34,37). The van der Waals surface area contributed by atoms with E-state index in [0.717, 1.165) is 44.7 Å². The number of anilines is 1. The first-order valence-electron chi connectivity index (χ1n) is 12.3. The van der Waals surface area contributed by atoms with Crippen LogP contribution in [0.2, 0.25) is 0 Å². The van der Waals surface area contributed by atoms with Crippen molar-refractivity contribution in [2.45, 2.75) is 27.0 Å². The van der Waals surface area contributed by atoms with Gasteiger partial charge in [-0.2, -0.15) is 10.4 Å². The van der Waals surface area contributed by atoms with E-state index in [1.165, 1.54) is 0 Å². The summed E-state index contributed by atoms with van der Waals surface area (Å²) in [6, 6.07) is 27.1. The van der Waals surface area contributed by atoms with Crippen LogP contribution >= 0.6 is 0 Å². The number of nitriles is 1. The normalized spacial score (nSPS) is 10.9. The van der Waals surface area contributed by atoms with Crippen LogP contribution in [0.4, 0.5) is 5.69 Å². The Bertz CT molecular complexity index is 1660. The molecule has 0 atom stereocenters. The first-order chi connectivity index (χ1) is 18.5. The number of rotatable bonds is 7. The third-order valence-electron chi connectivity index (χ3n) is 6.56. The summed E-state index contributed by atoms with van der Waals surface area (Å²) in [7, 11) is 1.67. The molecule has 0 spiro atoms. The Morgan fingerprint density at radius 1 is 1.00 bits per heavy atom. The van der Waals surface area contributed by atoms with Crippen LogP contribution in [0.15, 0.2) is 78.9 Å². The van der Waals surface area contributed by atoms with Crippen molar-refractivity contribution in [1.82, 2.24) is 14.8 Å². The minimum absolute atomic E-state index is 0.218. The number of para-hydroxylation sites is 1. The van der Waals surface area contributed by atoms with Gasteiger partial charge in [0.25, 0.3) is 5.91 Å². The Labute approximate surface area is 221 Å². The van der Waals surface area contributed by atoms with Gasteiger partial charge in [-0.05, 0) is 49.2 Å². The van der Waals surface area contributed by atoms with Gasteiger partial charge < -0.3 is 10.1 Å². The van der Waals surface area contributed by atoms with Gasteiger partial charge in [0.15, 0.2) is 0 Å². The maximum absolute atomic E-state index is 13.7. The molecule has 1 N–H and O–H groups in total. The summed E-state index contributed by atoms with van der Waals surface area (Å²) >= 11 is 0. The third kappa shape index (κ3) is 5.03. The first kappa shape index (κ1) is 24.9. The van der Waals surface area contributed by atoms with Crippen molar-refractivity contribution in [3.8, 4) is 17.3 Å². The number of fused-ring (bicyclic) bond motifs is 1. The molecule has 5 aromatic rings. The van der Waals surface area contributed by atoms with E-state index in [0.29, 0.717) is 30.0 Å². The molecule has 38 heavy (non-hydrogen) atoms. The number of methoxy groups -OCH3 is 1. The van der Waals surface area contributed by atoms with Crippen LogP contribution in [0.3, 0.4) is 0 Å². The maximum Gasteiger partial charge on any atom is 0.256 e. The van der Waals surface area contributed by atoms with E-state index in [9.17, 15) is 4.79 Å². The molecule has 0 aliphatic carbocycles. The van der Waals surface area contributed by atoms with Crippen LogP contribution in [0.1, 0.15) is 38.4 Å². The zero-order valence-corrected chi connectivity index (χ0v) is 21.5. The highest BCUT2D eigenvalue weighted by Crippen LogP contribution is 2.27. The molecular formula is C31H27N5O2. The average molecular weight is 502 g/mol. The number of aromatic nitrogens is 3. The Hall–Kier alpha value is -4.80. The second kappa shape index (κ2) is 10.7. The van der Waals surface area contributed by atoms with Crippen LogP contribution in [0.5, 0.6) is 0 Å². The predicted octanol–water partition coefficient (Wildman–Crippen LogP) is 6.03. The van der Waals surface area contributed by atoms with Crippen molar-refractivity contribution in [2.75, 3.05) is 12.4 Å². The molecule has 0 fully saturated rings. The molecule has 0 saturated carbocycles. The molecule has 0 radical (unpaired) electrons. The van der Waals surface area contributed by atoms with Crippen molar-refractivity contribution in [3.63, 3.8) is 0 Å². The van der Waals surface area contributed by atoms with Gasteiger partial charge in [0, 0.05) is 18.1 Å². The molecule has 2 heterocycles. The van der Waals surface area contributed by atoms with Crippen molar-refractivity contribution >= 4 is 22.5 Å². The molecule has 0 bridgehead atoms. The van der Waals surface area contributed by atoms with Crippen molar-refractivity contribution in [3.05, 3.63) is 113 Å². The number of amides is 1. The molecule has 0 aliphatic heterocycles. The molecule has 7 heteroatoms. The Kier molecular flexibility index (Phi) is 6.98. The lowest BCUT2D eigenvalue weighted by Crippen LogP contribution is -2.14. The predicted molar refractivity (Wildman–Crippen MR) is 148 cm³/mol. The van der Waals surface area contributed by atoms with Gasteiger partial charge in [-0.3, -0.25) is 9.48 Å². The lowest BCUT2D eigenvalue weighted by Gasteiger charge is -2.12. The molecule has 7 nitrogen and oxygen atoms in total. The molecule has 1 amide bonds. The topological polar surface area (TPSA) is 92.8 Å². The van der Waals surface area contributed by atoms with Gasteiger partial charge in [-0.15, -0.1) is 0 Å². The zero-order chi connectivity index (χ0) is 26.6. The van der Waals surface area contributed by atoms with Crippen LogP contribution in [-0.2, 0) is 17.9 Å². The van der Waals surface area contributed by atoms with Crippen LogP contribution in [0.25, 0.3) is 22.2 Å². The largest absolute Gasteiger partial charge is 0.380 e. The van der Waals surface area contributed by atoms with E-state index in [2.05, 4.69) is 16.5 Å². The second-order valence-corrected chi connectivity index (χ2v) is 9.17. The first-order valence-corrected chi connectivity index (χ1v) is 12.3. The Morgan fingerprint density at radius 2 is 1.71 bits per heavy atom. The summed E-state index contributed by atoms with van der Waals surface area (Å²) in [5, 5.41) is 17.6. The highest BCUT2D eigenvalue weighted by Gasteiger charge is 2.19. The fraction of sp³-hybridized carbons (Fsp3) is 0.161.